The van der Waals surface area contributed by atoms with Crippen molar-refractivity contribution in [2.24, 2.45) is 5.92 Å². The van der Waals surface area contributed by atoms with Crippen LogP contribution in [0.15, 0.2) is 18.2 Å². The molecule has 1 aromatic rings. The minimum Gasteiger partial charge on any atom is -0.373 e. The van der Waals surface area contributed by atoms with E-state index in [1.807, 2.05) is 0 Å². The summed E-state index contributed by atoms with van der Waals surface area (Å²) in [4.78, 5) is 28.4. The van der Waals surface area contributed by atoms with E-state index >= 15 is 0 Å². The van der Waals surface area contributed by atoms with Gasteiger partial charge in [-0.15, -0.1) is 0 Å². The maximum atomic E-state index is 12.7. The van der Waals surface area contributed by atoms with Crippen LogP contribution >= 0.6 is 0 Å². The van der Waals surface area contributed by atoms with E-state index in [9.17, 15) is 14.9 Å². The topological polar surface area (TPSA) is 88.0 Å². The Balaban J connectivity index is 1.65. The minimum atomic E-state index is -0.384. The van der Waals surface area contributed by atoms with E-state index in [4.69, 9.17) is 4.74 Å². The van der Waals surface area contributed by atoms with Crippen molar-refractivity contribution >= 4 is 17.3 Å². The zero-order chi connectivity index (χ0) is 21.8. The summed E-state index contributed by atoms with van der Waals surface area (Å²) < 4.78 is 5.77. The van der Waals surface area contributed by atoms with E-state index in [0.717, 1.165) is 39.0 Å². The zero-order valence-electron chi connectivity index (χ0n) is 18.5. The smallest absolute Gasteiger partial charge is 0.293 e. The Morgan fingerprint density at radius 2 is 1.97 bits per heavy atom. The van der Waals surface area contributed by atoms with Crippen molar-refractivity contribution in [2.45, 2.75) is 58.8 Å². The fraction of sp³-hybridized carbons (Fsp3) is 0.682. The van der Waals surface area contributed by atoms with Crippen LogP contribution in [0, 0.1) is 16.0 Å². The lowest BCUT2D eigenvalue weighted by atomic mass is 9.99. The van der Waals surface area contributed by atoms with Crippen LogP contribution in [0.3, 0.4) is 0 Å². The number of nitrogens with zero attached hydrogens (tertiary/aromatic N) is 3. The van der Waals surface area contributed by atoms with Crippen molar-refractivity contribution in [1.82, 2.24) is 10.2 Å². The maximum absolute atomic E-state index is 12.7. The molecular weight excluding hydrogens is 384 g/mol. The first kappa shape index (κ1) is 22.5. The summed E-state index contributed by atoms with van der Waals surface area (Å²) in [5, 5.41) is 14.6. The average Bonchev–Trinajstić information content (AvgIpc) is 2.70. The summed E-state index contributed by atoms with van der Waals surface area (Å²) >= 11 is 0. The molecule has 0 aromatic heterocycles. The first-order chi connectivity index (χ1) is 14.2. The van der Waals surface area contributed by atoms with Crippen molar-refractivity contribution in [2.75, 3.05) is 37.6 Å². The molecule has 0 radical (unpaired) electrons. The van der Waals surface area contributed by atoms with Crippen molar-refractivity contribution in [3.05, 3.63) is 33.9 Å². The number of ether oxygens (including phenoxy) is 1. The highest BCUT2D eigenvalue weighted by molar-refractivity contribution is 5.95. The fourth-order valence-corrected chi connectivity index (χ4v) is 4.54. The number of rotatable bonds is 6. The van der Waals surface area contributed by atoms with Crippen molar-refractivity contribution in [3.8, 4) is 0 Å². The first-order valence-electron chi connectivity index (χ1n) is 11.0. The first-order valence-corrected chi connectivity index (χ1v) is 11.0. The molecule has 0 spiro atoms. The monoisotopic (exact) mass is 418 g/mol. The predicted molar refractivity (Wildman–Crippen MR) is 117 cm³/mol. The van der Waals surface area contributed by atoms with E-state index in [1.165, 1.54) is 6.07 Å². The summed E-state index contributed by atoms with van der Waals surface area (Å²) in [6.07, 6.45) is 2.50. The molecule has 0 aliphatic carbocycles. The van der Waals surface area contributed by atoms with Gasteiger partial charge < -0.3 is 15.0 Å². The number of anilines is 1. The molecule has 0 bridgehead atoms. The molecule has 0 saturated carbocycles. The SMILES string of the molecule is CC1CCCN(c2ccc(C(=O)NCC(C)N3CC(C)OC(C)C3)cc2[N+](=O)[O-])C1. The van der Waals surface area contributed by atoms with Gasteiger partial charge >= 0.3 is 0 Å². The van der Waals surface area contributed by atoms with Crippen LogP contribution in [-0.4, -0.2) is 66.7 Å². The Hall–Kier alpha value is -2.19. The van der Waals surface area contributed by atoms with Gasteiger partial charge in [-0.2, -0.15) is 0 Å². The van der Waals surface area contributed by atoms with Crippen LogP contribution in [0.2, 0.25) is 0 Å². The second-order valence-corrected chi connectivity index (χ2v) is 8.92. The van der Waals surface area contributed by atoms with Gasteiger partial charge in [0.15, 0.2) is 0 Å². The molecule has 1 aromatic carbocycles. The third-order valence-corrected chi connectivity index (χ3v) is 6.06. The van der Waals surface area contributed by atoms with Crippen LogP contribution in [0.4, 0.5) is 11.4 Å². The van der Waals surface area contributed by atoms with Crippen molar-refractivity contribution in [3.63, 3.8) is 0 Å². The number of morpholine rings is 1. The van der Waals surface area contributed by atoms with E-state index in [0.29, 0.717) is 23.7 Å². The van der Waals surface area contributed by atoms with Gasteiger partial charge in [0, 0.05) is 50.4 Å². The van der Waals surface area contributed by atoms with Crippen molar-refractivity contribution < 1.29 is 14.5 Å². The number of nitrogens with one attached hydrogen (secondary N) is 1. The van der Waals surface area contributed by atoms with Crippen LogP contribution in [0.1, 0.15) is 50.9 Å². The molecule has 1 amide bonds. The molecule has 8 nitrogen and oxygen atoms in total. The second-order valence-electron chi connectivity index (χ2n) is 8.92. The Morgan fingerprint density at radius 1 is 1.27 bits per heavy atom. The van der Waals surface area contributed by atoms with Gasteiger partial charge in [-0.05, 0) is 51.7 Å². The molecule has 8 heteroatoms. The normalized spacial score (nSPS) is 26.3. The largest absolute Gasteiger partial charge is 0.373 e. The Kier molecular flexibility index (Phi) is 7.31. The molecule has 1 N–H and O–H groups in total. The zero-order valence-corrected chi connectivity index (χ0v) is 18.5. The van der Waals surface area contributed by atoms with Crippen molar-refractivity contribution in [1.29, 1.82) is 0 Å². The summed E-state index contributed by atoms with van der Waals surface area (Å²) in [6, 6.07) is 4.99. The number of benzene rings is 1. The Morgan fingerprint density at radius 3 is 2.60 bits per heavy atom. The van der Waals surface area contributed by atoms with Crippen LogP contribution in [0.25, 0.3) is 0 Å². The van der Waals surface area contributed by atoms with E-state index in [2.05, 4.69) is 42.8 Å². The maximum Gasteiger partial charge on any atom is 0.293 e. The summed E-state index contributed by atoms with van der Waals surface area (Å²) in [5.74, 6) is 0.228. The summed E-state index contributed by atoms with van der Waals surface area (Å²) in [6.45, 7) is 12.1. The molecule has 2 aliphatic rings. The van der Waals surface area contributed by atoms with Gasteiger partial charge in [-0.25, -0.2) is 0 Å². The Labute approximate surface area is 178 Å². The molecule has 166 valence electrons. The van der Waals surface area contributed by atoms with Crippen LogP contribution in [-0.2, 0) is 4.74 Å². The number of hydrogen-bond donors (Lipinski definition) is 1. The van der Waals surface area contributed by atoms with E-state index in [-0.39, 0.29) is 34.8 Å². The molecule has 4 unspecified atom stereocenters. The minimum absolute atomic E-state index is 0.000581. The van der Waals surface area contributed by atoms with Gasteiger partial charge in [-0.1, -0.05) is 6.92 Å². The highest BCUT2D eigenvalue weighted by Gasteiger charge is 2.27. The molecular formula is C22H34N4O4. The third kappa shape index (κ3) is 5.49. The predicted octanol–water partition coefficient (Wildman–Crippen LogP) is 3.06. The van der Waals surface area contributed by atoms with Crippen LogP contribution in [0.5, 0.6) is 0 Å². The lowest BCUT2D eigenvalue weighted by Crippen LogP contribution is -2.52. The van der Waals surface area contributed by atoms with E-state index < -0.39 is 0 Å². The van der Waals surface area contributed by atoms with E-state index in [1.54, 1.807) is 12.1 Å². The third-order valence-electron chi connectivity index (χ3n) is 6.06. The lowest BCUT2D eigenvalue weighted by molar-refractivity contribution is -0.384. The number of amides is 1. The number of carbonyl (C=O) groups is 1. The number of nitro groups is 1. The van der Waals surface area contributed by atoms with Gasteiger partial charge in [0.1, 0.15) is 5.69 Å². The van der Waals surface area contributed by atoms with Crippen LogP contribution < -0.4 is 10.2 Å². The standard InChI is InChI=1S/C22H34N4O4/c1-15-6-5-9-24(12-15)20-8-7-19(10-21(20)26(28)29)22(27)23-11-16(2)25-13-17(3)30-18(4)14-25/h7-8,10,15-18H,5-6,9,11-14H2,1-4H3,(H,23,27). The summed E-state index contributed by atoms with van der Waals surface area (Å²) in [5.41, 5.74) is 0.930. The molecule has 4 atom stereocenters. The fourth-order valence-electron chi connectivity index (χ4n) is 4.54. The molecule has 30 heavy (non-hydrogen) atoms. The highest BCUT2D eigenvalue weighted by atomic mass is 16.6. The van der Waals surface area contributed by atoms with Gasteiger partial charge in [0.25, 0.3) is 11.6 Å². The van der Waals surface area contributed by atoms with Gasteiger partial charge in [0.2, 0.25) is 0 Å². The molecule has 2 aliphatic heterocycles. The molecule has 2 saturated heterocycles. The number of hydrogen-bond acceptors (Lipinski definition) is 6. The lowest BCUT2D eigenvalue weighted by Gasteiger charge is -2.39. The Bertz CT molecular complexity index is 762. The van der Waals surface area contributed by atoms with Gasteiger partial charge in [-0.3, -0.25) is 19.8 Å². The second kappa shape index (κ2) is 9.75. The highest BCUT2D eigenvalue weighted by Crippen LogP contribution is 2.32. The van der Waals surface area contributed by atoms with Gasteiger partial charge in [0.05, 0.1) is 17.1 Å². The molecule has 3 rings (SSSR count). The quantitative estimate of drug-likeness (QED) is 0.564. The molecule has 2 fully saturated rings. The average molecular weight is 419 g/mol. The summed E-state index contributed by atoms with van der Waals surface area (Å²) in [7, 11) is 0. The number of piperidine rings is 1. The number of carbonyl (C=O) groups excluding carboxylic acids is 1. The number of nitro benzene ring substituents is 1. The molecule has 2 heterocycles.